The highest BCUT2D eigenvalue weighted by atomic mass is 35.5. The number of carbonyl (C=O) groups is 4. The number of amides is 3. The van der Waals surface area contributed by atoms with Crippen molar-refractivity contribution in [1.29, 1.82) is 0 Å². The first kappa shape index (κ1) is 24.6. The first-order valence-electron chi connectivity index (χ1n) is 12.5. The van der Waals surface area contributed by atoms with Gasteiger partial charge in [-0.25, -0.2) is 0 Å². The fraction of sp³-hybridized carbons (Fsp3) is 0.538. The van der Waals surface area contributed by atoms with E-state index in [1.54, 1.807) is 23.1 Å². The molecule has 1 saturated heterocycles. The molecule has 3 atom stereocenters. The van der Waals surface area contributed by atoms with Gasteiger partial charge in [0.25, 0.3) is 5.91 Å². The van der Waals surface area contributed by atoms with Crippen LogP contribution in [0.1, 0.15) is 61.9 Å². The summed E-state index contributed by atoms with van der Waals surface area (Å²) < 4.78 is 5.28. The molecule has 10 heteroatoms. The lowest BCUT2D eigenvalue weighted by molar-refractivity contribution is -0.131. The van der Waals surface area contributed by atoms with Crippen molar-refractivity contribution in [1.82, 2.24) is 15.2 Å². The molecule has 2 heterocycles. The largest absolute Gasteiger partial charge is 0.495 e. The second kappa shape index (κ2) is 9.42. The maximum atomic E-state index is 13.7. The van der Waals surface area contributed by atoms with Crippen LogP contribution in [-0.4, -0.2) is 59.1 Å². The van der Waals surface area contributed by atoms with E-state index < -0.39 is 23.9 Å². The van der Waals surface area contributed by atoms with Crippen molar-refractivity contribution in [2.24, 2.45) is 17.1 Å². The fourth-order valence-corrected chi connectivity index (χ4v) is 6.35. The highest BCUT2D eigenvalue weighted by Gasteiger charge is 2.52. The van der Waals surface area contributed by atoms with Gasteiger partial charge < -0.3 is 25.7 Å². The topological polar surface area (TPSA) is 135 Å². The van der Waals surface area contributed by atoms with Crippen LogP contribution in [0.5, 0.6) is 5.75 Å². The zero-order valence-corrected chi connectivity index (χ0v) is 21.0. The minimum Gasteiger partial charge on any atom is -0.495 e. The number of nitrogens with one attached hydrogen (secondary N) is 2. The van der Waals surface area contributed by atoms with E-state index in [1.807, 2.05) is 0 Å². The van der Waals surface area contributed by atoms with Gasteiger partial charge in [0.2, 0.25) is 11.8 Å². The first-order chi connectivity index (χ1) is 17.2. The Kier molecular flexibility index (Phi) is 6.44. The zero-order chi connectivity index (χ0) is 25.6. The van der Waals surface area contributed by atoms with Crippen LogP contribution < -0.4 is 15.8 Å². The number of aromatic amines is 1. The number of hydrogen-bond acceptors (Lipinski definition) is 5. The predicted octanol–water partition coefficient (Wildman–Crippen LogP) is 2.94. The summed E-state index contributed by atoms with van der Waals surface area (Å²) >= 11 is 6.44. The number of methoxy groups -OCH3 is 1. The van der Waals surface area contributed by atoms with Crippen molar-refractivity contribution >= 4 is 46.0 Å². The van der Waals surface area contributed by atoms with Crippen molar-refractivity contribution in [2.45, 2.75) is 63.5 Å². The van der Waals surface area contributed by atoms with E-state index >= 15 is 0 Å². The number of nitrogens with zero attached hydrogens (tertiary/aromatic N) is 1. The molecule has 0 radical (unpaired) electrons. The van der Waals surface area contributed by atoms with Crippen LogP contribution in [0.25, 0.3) is 10.9 Å². The molecule has 1 aromatic heterocycles. The van der Waals surface area contributed by atoms with Crippen LogP contribution in [0.2, 0.25) is 5.02 Å². The molecule has 2 aliphatic carbocycles. The van der Waals surface area contributed by atoms with E-state index in [9.17, 15) is 19.2 Å². The molecule has 36 heavy (non-hydrogen) atoms. The highest BCUT2D eigenvalue weighted by Crippen LogP contribution is 2.50. The van der Waals surface area contributed by atoms with E-state index in [1.165, 1.54) is 7.11 Å². The number of ketones is 1. The Bertz CT molecular complexity index is 1240. The van der Waals surface area contributed by atoms with Crippen molar-refractivity contribution < 1.29 is 23.9 Å². The standard InChI is InChI=1S/C26H31ClN4O5/c1-36-21-7-6-16-15(22(21)27)11-18(29-16)25(35)31-13-26(8-3-9-26)12-19(31)24(34)30-17(23(28)33)10-14-4-2-5-20(14)32/h6-7,11,14,17,19,29H,2-5,8-10,12-13H2,1H3,(H2,28,33)(H,30,34)/t14-,17-,19?/m0/s1. The van der Waals surface area contributed by atoms with E-state index in [4.69, 9.17) is 22.1 Å². The van der Waals surface area contributed by atoms with E-state index in [0.717, 1.165) is 25.7 Å². The molecule has 3 fully saturated rings. The number of H-pyrrole nitrogens is 1. The number of ether oxygens (including phenoxy) is 1. The summed E-state index contributed by atoms with van der Waals surface area (Å²) in [7, 11) is 1.53. The number of aromatic nitrogens is 1. The number of benzene rings is 1. The molecular weight excluding hydrogens is 484 g/mol. The maximum absolute atomic E-state index is 13.7. The molecule has 1 aliphatic heterocycles. The Hall–Kier alpha value is -3.07. The van der Waals surface area contributed by atoms with Gasteiger partial charge in [0.15, 0.2) is 0 Å². The minimum atomic E-state index is -0.946. The molecule has 3 aliphatic rings. The van der Waals surface area contributed by atoms with Crippen LogP contribution >= 0.6 is 11.6 Å². The van der Waals surface area contributed by atoms with Crippen molar-refractivity contribution in [2.75, 3.05) is 13.7 Å². The van der Waals surface area contributed by atoms with Crippen molar-refractivity contribution in [3.8, 4) is 5.75 Å². The summed E-state index contributed by atoms with van der Waals surface area (Å²) in [6.45, 7) is 0.471. The number of likely N-dealkylation sites (tertiary alicyclic amines) is 1. The third kappa shape index (κ3) is 4.34. The number of nitrogens with two attached hydrogens (primary N) is 1. The summed E-state index contributed by atoms with van der Waals surface area (Å²) in [6, 6.07) is 3.53. The van der Waals surface area contributed by atoms with Crippen molar-refractivity contribution in [3.63, 3.8) is 0 Å². The Balaban J connectivity index is 1.38. The van der Waals surface area contributed by atoms with Crippen LogP contribution in [-0.2, 0) is 14.4 Å². The summed E-state index contributed by atoms with van der Waals surface area (Å²) in [5.41, 5.74) is 6.53. The Morgan fingerprint density at radius 2 is 2.08 bits per heavy atom. The van der Waals surface area contributed by atoms with Crippen LogP contribution in [0.15, 0.2) is 18.2 Å². The van der Waals surface area contributed by atoms with Gasteiger partial charge in [-0.2, -0.15) is 0 Å². The smallest absolute Gasteiger partial charge is 0.271 e. The molecule has 5 rings (SSSR count). The average molecular weight is 515 g/mol. The molecule has 192 valence electrons. The quantitative estimate of drug-likeness (QED) is 0.522. The van der Waals surface area contributed by atoms with Crippen LogP contribution in [0, 0.1) is 11.3 Å². The molecule has 3 amide bonds. The highest BCUT2D eigenvalue weighted by molar-refractivity contribution is 6.37. The van der Waals surface area contributed by atoms with Crippen LogP contribution in [0.4, 0.5) is 0 Å². The minimum absolute atomic E-state index is 0.0891. The Morgan fingerprint density at radius 3 is 2.69 bits per heavy atom. The second-order valence-electron chi connectivity index (χ2n) is 10.5. The van der Waals surface area contributed by atoms with Gasteiger partial charge in [0, 0.05) is 29.8 Å². The van der Waals surface area contributed by atoms with Crippen LogP contribution in [0.3, 0.4) is 0 Å². The van der Waals surface area contributed by atoms with Gasteiger partial charge in [-0.05, 0) is 62.1 Å². The monoisotopic (exact) mass is 514 g/mol. The number of primary amides is 1. The molecule has 0 bridgehead atoms. The van der Waals surface area contributed by atoms with Gasteiger partial charge in [-0.1, -0.05) is 18.0 Å². The van der Waals surface area contributed by atoms with Crippen molar-refractivity contribution in [3.05, 3.63) is 28.9 Å². The number of Topliss-reactive ketones (excluding diaryl/α,β-unsaturated/α-hetero) is 1. The fourth-order valence-electron chi connectivity index (χ4n) is 6.05. The molecule has 1 aromatic carbocycles. The molecule has 1 spiro atoms. The molecule has 2 aromatic rings. The summed E-state index contributed by atoms with van der Waals surface area (Å²) in [5, 5.41) is 3.84. The third-order valence-electron chi connectivity index (χ3n) is 8.25. The number of fused-ring (bicyclic) bond motifs is 1. The van der Waals surface area contributed by atoms with E-state index in [-0.39, 0.29) is 29.4 Å². The van der Waals surface area contributed by atoms with E-state index in [0.29, 0.717) is 53.2 Å². The molecule has 1 unspecified atom stereocenters. The van der Waals surface area contributed by atoms with Gasteiger partial charge >= 0.3 is 0 Å². The van der Waals surface area contributed by atoms with Gasteiger partial charge in [0.05, 0.1) is 12.1 Å². The normalized spacial score (nSPS) is 23.6. The number of hydrogen-bond donors (Lipinski definition) is 3. The lowest BCUT2D eigenvalue weighted by Gasteiger charge is -2.37. The maximum Gasteiger partial charge on any atom is 0.271 e. The van der Waals surface area contributed by atoms with Gasteiger partial charge in [-0.15, -0.1) is 0 Å². The molecule has 2 saturated carbocycles. The van der Waals surface area contributed by atoms with E-state index in [2.05, 4.69) is 10.3 Å². The first-order valence-corrected chi connectivity index (χ1v) is 12.9. The molecule has 9 nitrogen and oxygen atoms in total. The molecule has 4 N–H and O–H groups in total. The second-order valence-corrected chi connectivity index (χ2v) is 10.9. The predicted molar refractivity (Wildman–Crippen MR) is 134 cm³/mol. The Labute approximate surface area is 214 Å². The Morgan fingerprint density at radius 1 is 1.31 bits per heavy atom. The molecular formula is C26H31ClN4O5. The number of rotatable bonds is 7. The van der Waals surface area contributed by atoms with Gasteiger partial charge in [-0.3, -0.25) is 19.2 Å². The average Bonchev–Trinajstić information content (AvgIpc) is 3.55. The lowest BCUT2D eigenvalue weighted by atomic mass is 9.67. The van der Waals surface area contributed by atoms with Gasteiger partial charge in [0.1, 0.15) is 29.3 Å². The number of carbonyl (C=O) groups excluding carboxylic acids is 4. The summed E-state index contributed by atoms with van der Waals surface area (Å²) in [4.78, 5) is 56.1. The third-order valence-corrected chi connectivity index (χ3v) is 8.64. The number of halogens is 1. The SMILES string of the molecule is COc1ccc2[nH]c(C(=O)N3CC4(CCC4)CC3C(=O)N[C@@H](C[C@@H]3CCCC3=O)C(N)=O)cc2c1Cl. The lowest BCUT2D eigenvalue weighted by Crippen LogP contribution is -2.53. The zero-order valence-electron chi connectivity index (χ0n) is 20.3. The summed E-state index contributed by atoms with van der Waals surface area (Å²) in [5.74, 6) is -1.03. The summed E-state index contributed by atoms with van der Waals surface area (Å²) in [6.07, 6.45) is 5.68.